The van der Waals surface area contributed by atoms with Crippen molar-refractivity contribution < 1.29 is 60.2 Å². The standard InChI is InChI=1S/C22H25ClN4O3.C16H23ClN4O2S.C16H21ClN4O2S.C13H18ClNO.C12H12ClN3O2.C9H8ClN3O2.C4H11NOS/c1-5-22(4)11-14-9-15(23)10-16(19(14)30-22)13(3)25-18-7-8-27-20(26-18)17(12-24-27)21(28)29-6-2;2*1-10(20-24(22)15(2,3)4)13-7-12(17)6-11-8-16(5,9-19-21-18)23-14(11)13;1-4-13(3)7-9-5-10(14)6-11(8(2)15)12(9)16-13;1-7(17)10-4-9(13)3-8-5-12(2,6-15-16-14)18-11(8)10;1-2-15-9(14)6-5-11-13-4-3-7(10)12-8(6)13;1-4(2,3)7(5)6/h7-10,12-13H,5-6,11H2,1-4H3,(H,25,26);6-7,10,20H,8-9H2,1-5H3;6-7H,8-9H2,1-5H3;5-6,8H,4,7,15H2,1-3H3;3-4H,5-6H2,1-2H3;3-5H,2H2,1H3;5H2,1-3H3/t13-,22?;10-,16?,24-;16?,24-;8-,13?;;;7-/m1111..1/s1. The van der Waals surface area contributed by atoms with E-state index in [0.29, 0.717) is 109 Å². The Kier molecular flexibility index (Phi) is 37.7. The van der Waals surface area contributed by atoms with Gasteiger partial charge in [-0.05, 0) is 264 Å². The van der Waals surface area contributed by atoms with Gasteiger partial charge in [0.1, 0.15) is 89.8 Å². The molecule has 724 valence electrons. The van der Waals surface area contributed by atoms with Gasteiger partial charge in [0.05, 0.1) is 98.8 Å². The average Bonchev–Trinajstić information content (AvgIpc) is 1.63. The van der Waals surface area contributed by atoms with Gasteiger partial charge in [0.2, 0.25) is 0 Å². The number of benzene rings is 5. The molecule has 0 spiro atoms. The summed E-state index contributed by atoms with van der Waals surface area (Å²) in [7, 11) is -3.77. The third-order valence-electron chi connectivity index (χ3n) is 21.6. The highest BCUT2D eigenvalue weighted by Gasteiger charge is 2.42. The first-order chi connectivity index (χ1) is 62.5. The van der Waals surface area contributed by atoms with E-state index in [0.717, 1.165) is 92.5 Å². The molecular formula is C92H118Cl6N20O13S3. The molecule has 0 saturated carbocycles. The van der Waals surface area contributed by atoms with Crippen molar-refractivity contribution in [2.45, 2.75) is 265 Å². The number of nitrogens with two attached hydrogens (primary N) is 2. The molecule has 134 heavy (non-hydrogen) atoms. The minimum absolute atomic E-state index is 0.0494. The number of carbonyl (C=O) groups is 3. The average molecular weight is 2020 g/mol. The molecule has 0 aliphatic carbocycles. The first-order valence-corrected chi connectivity index (χ1v) is 48.9. The van der Waals surface area contributed by atoms with Crippen LogP contribution in [-0.2, 0) is 74.5 Å². The summed E-state index contributed by atoms with van der Waals surface area (Å²) in [5, 5.41) is 30.8. The number of ether oxygens (including phenoxy) is 7. The Morgan fingerprint density at radius 3 is 1.24 bits per heavy atom. The molecule has 0 bridgehead atoms. The van der Waals surface area contributed by atoms with Gasteiger partial charge in [-0.2, -0.15) is 14.6 Å². The van der Waals surface area contributed by atoms with E-state index >= 15 is 0 Å². The van der Waals surface area contributed by atoms with E-state index < -0.39 is 66.4 Å². The maximum absolute atomic E-state index is 12.4. The molecule has 0 saturated heterocycles. The fraction of sp³-hybridized carbons (Fsp3) is 0.500. The van der Waals surface area contributed by atoms with Crippen molar-refractivity contribution in [1.29, 1.82) is 0 Å². The van der Waals surface area contributed by atoms with Crippen LogP contribution in [0.25, 0.3) is 42.6 Å². The van der Waals surface area contributed by atoms with Crippen LogP contribution in [0.5, 0.6) is 28.7 Å². The summed E-state index contributed by atoms with van der Waals surface area (Å²) in [4.78, 5) is 52.1. The third kappa shape index (κ3) is 29.0. The SMILES string of the molecule is CC(=N[S@](=O)C(C)(C)C)c1cc(Cl)cc2c1OC(C)(CN=[N+]=[N-])C2.CC(=O)c1cc(Cl)cc2c1OC(C)(CN=[N+]=[N-])C2.CC(C)(C)[S@](N)=O.CCC1(C)Cc2cc(Cl)cc([C@@H](C)N)c2O1.CCOC(=O)c1cnn2ccc(Cl)nc12.CCOC(=O)c1cnn2ccc(N[C@H](C)c3cc(Cl)cc4c3OC(C)(CC)C4)nc12.C[C@@H](N[S@](=O)C(C)(C)C)c1cc(Cl)cc2c1OC(C)(CN=[N+]=[N-])C2. The van der Waals surface area contributed by atoms with Gasteiger partial charge in [-0.3, -0.25) is 9.93 Å². The quantitative estimate of drug-likeness (QED) is 0.00931. The van der Waals surface area contributed by atoms with Crippen molar-refractivity contribution in [2.24, 2.45) is 30.6 Å². The number of azide groups is 3. The van der Waals surface area contributed by atoms with E-state index in [1.165, 1.54) is 29.4 Å². The lowest BCUT2D eigenvalue weighted by Crippen LogP contribution is -2.35. The molecular weight excluding hydrogens is 1900 g/mol. The van der Waals surface area contributed by atoms with Crippen LogP contribution in [-0.4, -0.2) is 140 Å². The summed E-state index contributed by atoms with van der Waals surface area (Å²) in [5.41, 5.74) is 40.6. The van der Waals surface area contributed by atoms with Gasteiger partial charge in [0.25, 0.3) is 0 Å². The number of aromatic nitrogens is 6. The number of rotatable bonds is 22. The molecule has 42 heteroatoms. The molecule has 33 nitrogen and oxygen atoms in total. The number of halogens is 6. The number of nitrogens with zero attached hydrogens (tertiary/aromatic N) is 16. The van der Waals surface area contributed by atoms with Gasteiger partial charge in [0.15, 0.2) is 17.1 Å². The van der Waals surface area contributed by atoms with E-state index in [1.807, 2.05) is 152 Å². The predicted molar refractivity (Wildman–Crippen MR) is 533 cm³/mol. The molecule has 0 amide bonds. The van der Waals surface area contributed by atoms with E-state index in [4.69, 9.17) is 130 Å². The Labute approximate surface area is 819 Å². The summed E-state index contributed by atoms with van der Waals surface area (Å²) < 4.78 is 84.7. The molecule has 9 aromatic rings. The number of esters is 2. The minimum atomic E-state index is -1.37. The Morgan fingerprint density at radius 2 is 0.858 bits per heavy atom. The molecule has 5 aliphatic rings. The lowest BCUT2D eigenvalue weighted by Gasteiger charge is -2.25. The van der Waals surface area contributed by atoms with Crippen molar-refractivity contribution in [3.05, 3.63) is 226 Å². The highest BCUT2D eigenvalue weighted by Crippen LogP contribution is 2.48. The van der Waals surface area contributed by atoms with E-state index in [-0.39, 0.29) is 64.2 Å². The predicted octanol–water partition coefficient (Wildman–Crippen LogP) is 22.9. The lowest BCUT2D eigenvalue weighted by molar-refractivity contribution is 0.0518. The van der Waals surface area contributed by atoms with E-state index in [2.05, 4.69) is 92.4 Å². The van der Waals surface area contributed by atoms with E-state index in [9.17, 15) is 27.0 Å². The maximum Gasteiger partial charge on any atom is 0.343 e. The zero-order valence-electron chi connectivity index (χ0n) is 79.6. The first kappa shape index (κ1) is 110. The number of Topliss-reactive ketones (excluding diaryl/α,β-unsaturated/α-hetero) is 1. The van der Waals surface area contributed by atoms with Gasteiger partial charge >= 0.3 is 11.9 Å². The Morgan fingerprint density at radius 1 is 0.507 bits per heavy atom. The molecule has 9 heterocycles. The highest BCUT2D eigenvalue weighted by molar-refractivity contribution is 7.85. The fourth-order valence-electron chi connectivity index (χ4n) is 14.2. The van der Waals surface area contributed by atoms with Crippen LogP contribution in [0.4, 0.5) is 5.82 Å². The lowest BCUT2D eigenvalue weighted by atomic mass is 9.95. The maximum atomic E-state index is 12.4. The molecule has 5 unspecified atom stereocenters. The Balaban J connectivity index is 0.000000198. The van der Waals surface area contributed by atoms with Crippen LogP contribution in [0.3, 0.4) is 0 Å². The largest absolute Gasteiger partial charge is 0.487 e. The number of nitrogens with one attached hydrogen (secondary N) is 2. The number of ketones is 1. The summed E-state index contributed by atoms with van der Waals surface area (Å²) >= 11 is 36.7. The highest BCUT2D eigenvalue weighted by atomic mass is 35.5. The van der Waals surface area contributed by atoms with Crippen LogP contribution in [0.1, 0.15) is 271 Å². The number of carbonyl (C=O) groups excluding carboxylic acids is 3. The molecule has 5 aliphatic heterocycles. The summed E-state index contributed by atoms with van der Waals surface area (Å²) in [6.45, 7) is 45.0. The van der Waals surface area contributed by atoms with Gasteiger partial charge in [-0.25, -0.2) is 45.9 Å². The number of hydrogen-bond donors (Lipinski definition) is 4. The molecule has 0 fully saturated rings. The Bertz CT molecular complexity index is 6110. The van der Waals surface area contributed by atoms with Crippen molar-refractivity contribution in [3.63, 3.8) is 0 Å². The Hall–Kier alpha value is -9.58. The van der Waals surface area contributed by atoms with Gasteiger partial charge < -0.3 is 44.2 Å². The van der Waals surface area contributed by atoms with Crippen LogP contribution in [0, 0.1) is 0 Å². The van der Waals surface area contributed by atoms with Gasteiger partial charge in [-0.1, -0.05) is 98.8 Å². The number of hydrogen-bond acceptors (Lipinski definition) is 22. The van der Waals surface area contributed by atoms with Crippen LogP contribution < -0.4 is 44.6 Å². The number of fused-ring (bicyclic) bond motifs is 7. The summed E-state index contributed by atoms with van der Waals surface area (Å²) in [6.07, 6.45) is 11.7. The molecule has 14 rings (SSSR count). The molecule has 5 aromatic carbocycles. The van der Waals surface area contributed by atoms with Crippen molar-refractivity contribution in [1.82, 2.24) is 33.9 Å². The first-order valence-electron chi connectivity index (χ1n) is 43.1. The van der Waals surface area contributed by atoms with Crippen LogP contribution in [0.15, 0.2) is 117 Å². The smallest absolute Gasteiger partial charge is 0.343 e. The zero-order valence-corrected chi connectivity index (χ0v) is 86.5. The molecule has 6 N–H and O–H groups in total. The molecule has 4 aromatic heterocycles. The second-order valence-corrected chi connectivity index (χ2v) is 45.2. The monoisotopic (exact) mass is 2020 g/mol. The second kappa shape index (κ2) is 46.0. The number of anilines is 1. The summed E-state index contributed by atoms with van der Waals surface area (Å²) in [5.74, 6) is 3.44. The summed E-state index contributed by atoms with van der Waals surface area (Å²) in [6, 6.07) is 21.6. The topological polar surface area (TPSA) is 462 Å². The van der Waals surface area contributed by atoms with Crippen LogP contribution in [0.2, 0.25) is 30.3 Å². The van der Waals surface area contributed by atoms with E-state index in [1.54, 1.807) is 61.9 Å². The van der Waals surface area contributed by atoms with Crippen molar-refractivity contribution >= 4 is 143 Å². The minimum Gasteiger partial charge on any atom is -0.487 e. The third-order valence-corrected chi connectivity index (χ3v) is 27.3. The molecule has 11 atom stereocenters. The fourth-order valence-corrected chi connectivity index (χ4v) is 17.0. The van der Waals surface area contributed by atoms with Crippen LogP contribution >= 0.6 is 69.6 Å². The normalized spacial score (nSPS) is 19.9. The molecule has 0 radical (unpaired) electrons. The van der Waals surface area contributed by atoms with Gasteiger partial charge in [0, 0.05) is 130 Å². The van der Waals surface area contributed by atoms with Crippen molar-refractivity contribution in [3.8, 4) is 28.7 Å². The van der Waals surface area contributed by atoms with Gasteiger partial charge in [-0.15, -0.1) is 0 Å². The second-order valence-electron chi connectivity index (χ2n) is 36.9. The van der Waals surface area contributed by atoms with Crippen molar-refractivity contribution in [2.75, 3.05) is 38.2 Å². The zero-order chi connectivity index (χ0) is 99.9.